The monoisotopic (exact) mass is 236 g/mol. The molecule has 0 bridgehead atoms. The van der Waals surface area contributed by atoms with Crippen molar-refractivity contribution >= 4 is 11.3 Å². The van der Waals surface area contributed by atoms with Gasteiger partial charge in [0.25, 0.3) is 0 Å². The fraction of sp³-hybridized carbons (Fsp3) is 0.214. The van der Waals surface area contributed by atoms with Crippen LogP contribution in [-0.4, -0.2) is 14.1 Å². The van der Waals surface area contributed by atoms with Crippen molar-refractivity contribution in [2.75, 3.05) is 19.0 Å². The zero-order valence-electron chi connectivity index (χ0n) is 10.5. The zero-order valence-corrected chi connectivity index (χ0v) is 10.5. The Morgan fingerprint density at radius 1 is 1.28 bits per heavy atom. The molecule has 0 aromatic heterocycles. The third-order valence-corrected chi connectivity index (χ3v) is 2.51. The summed E-state index contributed by atoms with van der Waals surface area (Å²) >= 11 is 0. The maximum atomic E-state index is 9.08. The average molecular weight is 236 g/mol. The molecule has 4 heteroatoms. The summed E-state index contributed by atoms with van der Waals surface area (Å²) in [5, 5.41) is 9.08. The van der Waals surface area contributed by atoms with Gasteiger partial charge in [0.15, 0.2) is 5.57 Å². The van der Waals surface area contributed by atoms with Gasteiger partial charge < -0.3 is 4.90 Å². The summed E-state index contributed by atoms with van der Waals surface area (Å²) in [6.45, 7) is 15.7. The van der Waals surface area contributed by atoms with E-state index in [0.29, 0.717) is 5.56 Å². The molecule has 1 aromatic rings. The first-order valence-corrected chi connectivity index (χ1v) is 5.22. The molecule has 0 aliphatic heterocycles. The van der Waals surface area contributed by atoms with Crippen LogP contribution in [0.1, 0.15) is 11.1 Å². The Labute approximate surface area is 107 Å². The summed E-state index contributed by atoms with van der Waals surface area (Å²) in [6, 6.07) is 7.40. The van der Waals surface area contributed by atoms with Crippen LogP contribution < -0.4 is 4.90 Å². The highest BCUT2D eigenvalue weighted by atomic mass is 15.1. The minimum atomic E-state index is -0.186. The molecule has 0 heterocycles. The minimum absolute atomic E-state index is 0.133. The summed E-state index contributed by atoms with van der Waals surface area (Å²) in [5.41, 5.74) is 2.79. The van der Waals surface area contributed by atoms with Gasteiger partial charge in [0.2, 0.25) is 0 Å². The van der Waals surface area contributed by atoms with E-state index in [9.17, 15) is 0 Å². The number of hydrogen-bond donors (Lipinski definition) is 0. The molecule has 0 amide bonds. The molecule has 0 saturated heterocycles. The van der Waals surface area contributed by atoms with Gasteiger partial charge in [-0.05, 0) is 30.2 Å². The van der Waals surface area contributed by atoms with E-state index in [-0.39, 0.29) is 11.4 Å². The predicted octanol–water partition coefficient (Wildman–Crippen LogP) is 3.09. The summed E-state index contributed by atoms with van der Waals surface area (Å²) in [7, 11) is 3.87. The third kappa shape index (κ3) is 2.48. The van der Waals surface area contributed by atoms with Gasteiger partial charge in [0, 0.05) is 19.8 Å². The Balaban J connectivity index is 3.42. The van der Waals surface area contributed by atoms with Crippen LogP contribution >= 0.6 is 0 Å². The van der Waals surface area contributed by atoms with Crippen LogP contribution in [0.3, 0.4) is 0 Å². The SMILES string of the molecule is [C-]#[N+]C([N+]#[C-])=C(C#N)c1ccc(N(C)C)c(C)c1. The second kappa shape index (κ2) is 5.53. The highest BCUT2D eigenvalue weighted by Crippen LogP contribution is 2.25. The van der Waals surface area contributed by atoms with Gasteiger partial charge in [0.05, 0.1) is 6.07 Å². The number of aryl methyl sites for hydroxylation is 1. The number of allylic oxidation sites excluding steroid dienone is 1. The van der Waals surface area contributed by atoms with Gasteiger partial charge in [-0.3, -0.25) is 0 Å². The summed E-state index contributed by atoms with van der Waals surface area (Å²) in [4.78, 5) is 8.14. The number of benzene rings is 1. The third-order valence-electron chi connectivity index (χ3n) is 2.51. The Morgan fingerprint density at radius 3 is 2.28 bits per heavy atom. The lowest BCUT2D eigenvalue weighted by Gasteiger charge is -2.15. The lowest BCUT2D eigenvalue weighted by Crippen LogP contribution is -2.10. The van der Waals surface area contributed by atoms with E-state index >= 15 is 0 Å². The molecular weight excluding hydrogens is 224 g/mol. The zero-order chi connectivity index (χ0) is 13.7. The Kier molecular flexibility index (Phi) is 4.08. The van der Waals surface area contributed by atoms with Crippen LogP contribution in [0.2, 0.25) is 0 Å². The highest BCUT2D eigenvalue weighted by molar-refractivity contribution is 5.82. The maximum absolute atomic E-state index is 9.08. The molecule has 18 heavy (non-hydrogen) atoms. The van der Waals surface area contributed by atoms with Gasteiger partial charge in [0.1, 0.15) is 13.1 Å². The fourth-order valence-corrected chi connectivity index (χ4v) is 1.69. The molecule has 0 saturated carbocycles. The predicted molar refractivity (Wildman–Crippen MR) is 71.2 cm³/mol. The first-order chi connectivity index (χ1) is 8.54. The van der Waals surface area contributed by atoms with Gasteiger partial charge in [-0.25, -0.2) is 0 Å². The molecule has 0 aliphatic carbocycles. The van der Waals surface area contributed by atoms with Crippen molar-refractivity contribution in [3.05, 3.63) is 58.0 Å². The molecule has 1 rings (SSSR count). The highest BCUT2D eigenvalue weighted by Gasteiger charge is 2.17. The fourth-order valence-electron chi connectivity index (χ4n) is 1.69. The Hall–Kier alpha value is -2.77. The van der Waals surface area contributed by atoms with Crippen molar-refractivity contribution < 1.29 is 0 Å². The Morgan fingerprint density at radius 2 is 1.89 bits per heavy atom. The number of hydrogen-bond acceptors (Lipinski definition) is 2. The molecule has 0 unspecified atom stereocenters. The summed E-state index contributed by atoms with van der Waals surface area (Å²) in [6.07, 6.45) is 0. The summed E-state index contributed by atoms with van der Waals surface area (Å²) < 4.78 is 0. The Bertz CT molecular complexity index is 603. The van der Waals surface area contributed by atoms with Crippen LogP contribution in [0.15, 0.2) is 24.0 Å². The van der Waals surface area contributed by atoms with E-state index in [1.165, 1.54) is 0 Å². The molecule has 0 radical (unpaired) electrons. The smallest absolute Gasteiger partial charge is 0.377 e. The molecule has 0 N–H and O–H groups in total. The van der Waals surface area contributed by atoms with Crippen molar-refractivity contribution in [2.45, 2.75) is 6.92 Å². The molecule has 4 nitrogen and oxygen atoms in total. The molecular formula is C14H12N4. The molecule has 0 spiro atoms. The van der Waals surface area contributed by atoms with E-state index in [4.69, 9.17) is 18.4 Å². The molecule has 1 aromatic carbocycles. The van der Waals surface area contributed by atoms with Crippen molar-refractivity contribution in [3.63, 3.8) is 0 Å². The van der Waals surface area contributed by atoms with E-state index in [2.05, 4.69) is 9.69 Å². The van der Waals surface area contributed by atoms with E-state index in [0.717, 1.165) is 11.3 Å². The molecule has 0 fully saturated rings. The number of rotatable bonds is 2. The minimum Gasteiger partial charge on any atom is -0.377 e. The normalized spacial score (nSPS) is 8.67. The van der Waals surface area contributed by atoms with Gasteiger partial charge in [-0.15, -0.1) is 0 Å². The van der Waals surface area contributed by atoms with Crippen molar-refractivity contribution in [1.29, 1.82) is 5.26 Å². The number of anilines is 1. The second-order valence-corrected chi connectivity index (χ2v) is 3.93. The quantitative estimate of drug-likeness (QED) is 0.584. The van der Waals surface area contributed by atoms with Crippen molar-refractivity contribution in [1.82, 2.24) is 0 Å². The lowest BCUT2D eigenvalue weighted by molar-refractivity contribution is 1.11. The largest absolute Gasteiger partial charge is 0.537 e. The van der Waals surface area contributed by atoms with Crippen molar-refractivity contribution in [3.8, 4) is 6.07 Å². The van der Waals surface area contributed by atoms with E-state index < -0.39 is 0 Å². The maximum Gasteiger partial charge on any atom is 0.537 e. The lowest BCUT2D eigenvalue weighted by atomic mass is 10.0. The van der Waals surface area contributed by atoms with Crippen LogP contribution in [0.4, 0.5) is 5.69 Å². The molecule has 88 valence electrons. The molecule has 0 atom stereocenters. The average Bonchev–Trinajstić information content (AvgIpc) is 2.35. The van der Waals surface area contributed by atoms with E-state index in [1.807, 2.05) is 44.1 Å². The number of nitrogens with zero attached hydrogens (tertiary/aromatic N) is 4. The summed E-state index contributed by atoms with van der Waals surface area (Å²) in [5.74, 6) is -0.186. The van der Waals surface area contributed by atoms with Crippen LogP contribution in [0.5, 0.6) is 0 Å². The van der Waals surface area contributed by atoms with Gasteiger partial charge in [-0.1, -0.05) is 6.07 Å². The standard InChI is InChI=1S/C14H12N4/c1-10-8-11(6-7-13(10)18(4)5)12(9-15)14(16-2)17-3/h6-8H,1,4-5H3. The number of nitriles is 1. The van der Waals surface area contributed by atoms with Crippen LogP contribution in [0, 0.1) is 31.4 Å². The van der Waals surface area contributed by atoms with E-state index in [1.54, 1.807) is 6.07 Å². The molecule has 0 aliphatic rings. The second-order valence-electron chi connectivity index (χ2n) is 3.93. The first-order valence-electron chi connectivity index (χ1n) is 5.22. The van der Waals surface area contributed by atoms with Crippen molar-refractivity contribution in [2.24, 2.45) is 0 Å². The topological polar surface area (TPSA) is 35.8 Å². The first kappa shape index (κ1) is 13.3. The van der Waals surface area contributed by atoms with Gasteiger partial charge in [-0.2, -0.15) is 15.0 Å². The van der Waals surface area contributed by atoms with Crippen LogP contribution in [-0.2, 0) is 0 Å². The van der Waals surface area contributed by atoms with Crippen LogP contribution in [0.25, 0.3) is 15.3 Å². The van der Waals surface area contributed by atoms with Gasteiger partial charge >= 0.3 is 5.82 Å².